The minimum Gasteiger partial charge on any atom is -0.508 e. The van der Waals surface area contributed by atoms with Gasteiger partial charge < -0.3 is 9.84 Å². The van der Waals surface area contributed by atoms with Crippen LogP contribution in [0.5, 0.6) is 5.75 Å². The average molecular weight is 254 g/mol. The van der Waals surface area contributed by atoms with Gasteiger partial charge in [-0.05, 0) is 29.3 Å². The lowest BCUT2D eigenvalue weighted by Crippen LogP contribution is -2.00. The van der Waals surface area contributed by atoms with E-state index in [1.807, 2.05) is 30.3 Å². The lowest BCUT2D eigenvalue weighted by molar-refractivity contribution is -0.138. The molecule has 0 aromatic heterocycles. The first kappa shape index (κ1) is 12.9. The summed E-state index contributed by atoms with van der Waals surface area (Å²) in [5.41, 5.74) is 1.78. The maximum Gasteiger partial charge on any atom is 0.331 e. The van der Waals surface area contributed by atoms with E-state index in [9.17, 15) is 4.79 Å². The summed E-state index contributed by atoms with van der Waals surface area (Å²) in [7, 11) is 0. The fourth-order valence-corrected chi connectivity index (χ4v) is 1.53. The van der Waals surface area contributed by atoms with Gasteiger partial charge >= 0.3 is 5.97 Å². The van der Waals surface area contributed by atoms with Crippen molar-refractivity contribution in [2.24, 2.45) is 0 Å². The predicted octanol–water partition coefficient (Wildman–Crippen LogP) is 3.15. The van der Waals surface area contributed by atoms with E-state index in [1.54, 1.807) is 30.3 Å². The number of carbonyl (C=O) groups is 1. The molecule has 0 aliphatic rings. The Balaban J connectivity index is 1.86. The van der Waals surface area contributed by atoms with Gasteiger partial charge in [-0.2, -0.15) is 0 Å². The molecular weight excluding hydrogens is 240 g/mol. The van der Waals surface area contributed by atoms with E-state index >= 15 is 0 Å². The number of hydrogen-bond donors (Lipinski definition) is 1. The van der Waals surface area contributed by atoms with E-state index in [-0.39, 0.29) is 12.4 Å². The number of aromatic hydroxyl groups is 1. The summed E-state index contributed by atoms with van der Waals surface area (Å²) in [6.07, 6.45) is 3.02. The highest BCUT2D eigenvalue weighted by Gasteiger charge is 1.98. The van der Waals surface area contributed by atoms with Crippen molar-refractivity contribution >= 4 is 12.0 Å². The van der Waals surface area contributed by atoms with Crippen LogP contribution in [0.2, 0.25) is 0 Å². The number of ether oxygens (including phenoxy) is 1. The van der Waals surface area contributed by atoms with Gasteiger partial charge in [0.1, 0.15) is 12.4 Å². The van der Waals surface area contributed by atoms with Gasteiger partial charge in [-0.1, -0.05) is 42.5 Å². The molecule has 0 aliphatic carbocycles. The lowest BCUT2D eigenvalue weighted by atomic mass is 10.2. The largest absolute Gasteiger partial charge is 0.508 e. The molecule has 0 heterocycles. The molecule has 1 N–H and O–H groups in total. The molecule has 0 radical (unpaired) electrons. The third-order valence-electron chi connectivity index (χ3n) is 2.53. The molecule has 0 atom stereocenters. The molecule has 2 aromatic rings. The summed E-state index contributed by atoms with van der Waals surface area (Å²) in [5, 5.41) is 9.13. The Morgan fingerprint density at radius 1 is 1.05 bits per heavy atom. The molecule has 3 heteroatoms. The third kappa shape index (κ3) is 4.32. The zero-order valence-electron chi connectivity index (χ0n) is 10.3. The van der Waals surface area contributed by atoms with Crippen molar-refractivity contribution < 1.29 is 14.6 Å². The highest BCUT2D eigenvalue weighted by atomic mass is 16.5. The van der Waals surface area contributed by atoms with Gasteiger partial charge in [-0.15, -0.1) is 0 Å². The standard InChI is InChI=1S/C16H14O3/c17-15-9-6-13(7-10-15)8-11-16(18)19-12-14-4-2-1-3-5-14/h1-11,17H,12H2/b11-8-. The van der Waals surface area contributed by atoms with Gasteiger partial charge in [0.25, 0.3) is 0 Å². The maximum absolute atomic E-state index is 11.5. The van der Waals surface area contributed by atoms with E-state index in [4.69, 9.17) is 9.84 Å². The quantitative estimate of drug-likeness (QED) is 0.673. The van der Waals surface area contributed by atoms with Crippen LogP contribution in [0.3, 0.4) is 0 Å². The normalized spacial score (nSPS) is 10.5. The highest BCUT2D eigenvalue weighted by Crippen LogP contribution is 2.10. The fourth-order valence-electron chi connectivity index (χ4n) is 1.53. The first-order valence-electron chi connectivity index (χ1n) is 5.92. The number of rotatable bonds is 4. The van der Waals surface area contributed by atoms with Crippen molar-refractivity contribution in [3.63, 3.8) is 0 Å². The van der Waals surface area contributed by atoms with Crippen LogP contribution in [-0.4, -0.2) is 11.1 Å². The second kappa shape index (κ2) is 6.40. The number of esters is 1. The first-order chi connectivity index (χ1) is 9.24. The van der Waals surface area contributed by atoms with Crippen molar-refractivity contribution in [3.8, 4) is 5.75 Å². The molecule has 2 rings (SSSR count). The van der Waals surface area contributed by atoms with Crippen molar-refractivity contribution in [1.82, 2.24) is 0 Å². The van der Waals surface area contributed by atoms with Crippen molar-refractivity contribution in [1.29, 1.82) is 0 Å². The van der Waals surface area contributed by atoms with Crippen LogP contribution >= 0.6 is 0 Å². The van der Waals surface area contributed by atoms with Gasteiger partial charge in [0.15, 0.2) is 0 Å². The molecule has 0 bridgehead atoms. The van der Waals surface area contributed by atoms with Crippen molar-refractivity contribution in [3.05, 3.63) is 71.8 Å². The summed E-state index contributed by atoms with van der Waals surface area (Å²) in [4.78, 5) is 11.5. The van der Waals surface area contributed by atoms with Gasteiger partial charge in [0.2, 0.25) is 0 Å². The lowest BCUT2D eigenvalue weighted by Gasteiger charge is -2.01. The molecule has 0 unspecified atom stereocenters. The molecule has 3 nitrogen and oxygen atoms in total. The Bertz CT molecular complexity index is 556. The number of carbonyl (C=O) groups excluding carboxylic acids is 1. The van der Waals surface area contributed by atoms with Crippen molar-refractivity contribution in [2.75, 3.05) is 0 Å². The van der Waals surface area contributed by atoms with Crippen molar-refractivity contribution in [2.45, 2.75) is 6.61 Å². The van der Waals surface area contributed by atoms with E-state index in [0.717, 1.165) is 11.1 Å². The molecule has 0 saturated heterocycles. The molecule has 0 amide bonds. The van der Waals surface area contributed by atoms with Crippen LogP contribution in [0.4, 0.5) is 0 Å². The second-order valence-electron chi connectivity index (χ2n) is 4.02. The average Bonchev–Trinajstić information content (AvgIpc) is 2.45. The SMILES string of the molecule is O=C(/C=C\c1ccc(O)cc1)OCc1ccccc1. The summed E-state index contributed by atoms with van der Waals surface area (Å²) >= 11 is 0. The molecule has 19 heavy (non-hydrogen) atoms. The van der Waals surface area contributed by atoms with E-state index in [2.05, 4.69) is 0 Å². The molecule has 0 saturated carbocycles. The Kier molecular flexibility index (Phi) is 4.34. The summed E-state index contributed by atoms with van der Waals surface area (Å²) in [6.45, 7) is 0.263. The van der Waals surface area contributed by atoms with Crippen LogP contribution in [0.15, 0.2) is 60.7 Å². The van der Waals surface area contributed by atoms with Crippen LogP contribution < -0.4 is 0 Å². The number of hydrogen-bond acceptors (Lipinski definition) is 3. The minimum atomic E-state index is -0.392. The Labute approximate surface area is 111 Å². The Morgan fingerprint density at radius 2 is 1.74 bits per heavy atom. The summed E-state index contributed by atoms with van der Waals surface area (Å²) in [5.74, 6) is -0.194. The summed E-state index contributed by atoms with van der Waals surface area (Å²) < 4.78 is 5.10. The highest BCUT2D eigenvalue weighted by molar-refractivity contribution is 5.87. The van der Waals surface area contributed by atoms with Gasteiger partial charge in [0, 0.05) is 6.08 Å². The Morgan fingerprint density at radius 3 is 2.42 bits per heavy atom. The van der Waals surface area contributed by atoms with E-state index < -0.39 is 5.97 Å². The number of phenolic OH excluding ortho intramolecular Hbond substituents is 1. The summed E-state index contributed by atoms with van der Waals surface area (Å²) in [6, 6.07) is 16.1. The topological polar surface area (TPSA) is 46.5 Å². The number of benzene rings is 2. The molecule has 96 valence electrons. The van der Waals surface area contributed by atoms with Crippen LogP contribution in [0.1, 0.15) is 11.1 Å². The second-order valence-corrected chi connectivity index (χ2v) is 4.02. The van der Waals surface area contributed by atoms with E-state index in [0.29, 0.717) is 0 Å². The maximum atomic E-state index is 11.5. The van der Waals surface area contributed by atoms with Gasteiger partial charge in [0.05, 0.1) is 0 Å². The zero-order valence-corrected chi connectivity index (χ0v) is 10.3. The predicted molar refractivity (Wildman–Crippen MR) is 73.4 cm³/mol. The Hall–Kier alpha value is -2.55. The molecule has 0 aliphatic heterocycles. The monoisotopic (exact) mass is 254 g/mol. The first-order valence-corrected chi connectivity index (χ1v) is 5.92. The van der Waals surface area contributed by atoms with Crippen LogP contribution in [-0.2, 0) is 16.1 Å². The van der Waals surface area contributed by atoms with Crippen LogP contribution in [0, 0.1) is 0 Å². The van der Waals surface area contributed by atoms with E-state index in [1.165, 1.54) is 6.08 Å². The smallest absolute Gasteiger partial charge is 0.331 e. The molecule has 2 aromatic carbocycles. The fraction of sp³-hybridized carbons (Fsp3) is 0.0625. The minimum absolute atomic E-state index is 0.198. The molecule has 0 spiro atoms. The molecular formula is C16H14O3. The molecule has 0 fully saturated rings. The van der Waals surface area contributed by atoms with Crippen LogP contribution in [0.25, 0.3) is 6.08 Å². The zero-order chi connectivity index (χ0) is 13.5. The van der Waals surface area contributed by atoms with Gasteiger partial charge in [-0.3, -0.25) is 0 Å². The number of phenols is 1. The third-order valence-corrected chi connectivity index (χ3v) is 2.53. The van der Waals surface area contributed by atoms with Gasteiger partial charge in [-0.25, -0.2) is 4.79 Å².